The summed E-state index contributed by atoms with van der Waals surface area (Å²) >= 11 is 0. The van der Waals surface area contributed by atoms with Crippen molar-refractivity contribution in [2.75, 3.05) is 7.11 Å². The van der Waals surface area contributed by atoms with Crippen molar-refractivity contribution < 1.29 is 8.95 Å². The van der Waals surface area contributed by atoms with Gasteiger partial charge < -0.3 is 4.74 Å². The Balaban J connectivity index is 2.23. The Bertz CT molecular complexity index is 667. The summed E-state index contributed by atoms with van der Waals surface area (Å²) in [5.41, 5.74) is 4.09. The van der Waals surface area contributed by atoms with Crippen molar-refractivity contribution >= 4 is 17.2 Å². The van der Waals surface area contributed by atoms with Crippen molar-refractivity contribution in [3.05, 3.63) is 58.7 Å². The lowest BCUT2D eigenvalue weighted by atomic mass is 10.1. The molecular formula is C17H19NO2S. The molecule has 0 aromatic heterocycles. The summed E-state index contributed by atoms with van der Waals surface area (Å²) in [6.45, 7) is 5.97. The molecule has 0 aliphatic carbocycles. The van der Waals surface area contributed by atoms with Crippen molar-refractivity contribution in [2.24, 2.45) is 4.40 Å². The lowest BCUT2D eigenvalue weighted by molar-refractivity contribution is 0.415. The molecule has 0 saturated carbocycles. The van der Waals surface area contributed by atoms with Gasteiger partial charge in [-0.1, -0.05) is 17.7 Å². The van der Waals surface area contributed by atoms with Crippen molar-refractivity contribution in [1.82, 2.24) is 0 Å². The van der Waals surface area contributed by atoms with Crippen LogP contribution in [-0.2, 0) is 11.0 Å². The van der Waals surface area contributed by atoms with Gasteiger partial charge in [-0.3, -0.25) is 0 Å². The van der Waals surface area contributed by atoms with E-state index in [0.29, 0.717) is 0 Å². The van der Waals surface area contributed by atoms with Crippen LogP contribution in [0.15, 0.2) is 45.7 Å². The summed E-state index contributed by atoms with van der Waals surface area (Å²) in [6.07, 6.45) is 1.63. The predicted molar refractivity (Wildman–Crippen MR) is 87.6 cm³/mol. The van der Waals surface area contributed by atoms with Crippen LogP contribution >= 0.6 is 0 Å². The predicted octanol–water partition coefficient (Wildman–Crippen LogP) is 3.76. The van der Waals surface area contributed by atoms with Crippen LogP contribution in [0.3, 0.4) is 0 Å². The lowest BCUT2D eigenvalue weighted by Crippen LogP contribution is -1.97. The number of benzene rings is 2. The normalized spacial score (nSPS) is 12.6. The summed E-state index contributed by atoms with van der Waals surface area (Å²) in [6, 6.07) is 11.5. The number of rotatable bonds is 4. The molecule has 0 fully saturated rings. The number of hydrogen-bond donors (Lipinski definition) is 0. The van der Waals surface area contributed by atoms with Crippen LogP contribution in [0.25, 0.3) is 0 Å². The van der Waals surface area contributed by atoms with E-state index in [1.807, 2.05) is 57.2 Å². The Morgan fingerprint density at radius 2 is 1.62 bits per heavy atom. The van der Waals surface area contributed by atoms with Gasteiger partial charge in [0.1, 0.15) is 5.75 Å². The quantitative estimate of drug-likeness (QED) is 0.806. The maximum atomic E-state index is 12.4. The maximum absolute atomic E-state index is 12.4. The second kappa shape index (κ2) is 6.68. The minimum absolute atomic E-state index is 0.790. The number of ether oxygens (including phenoxy) is 1. The largest absolute Gasteiger partial charge is 0.497 e. The van der Waals surface area contributed by atoms with E-state index in [1.54, 1.807) is 13.3 Å². The minimum atomic E-state index is -1.38. The molecule has 2 aromatic carbocycles. The van der Waals surface area contributed by atoms with Gasteiger partial charge >= 0.3 is 0 Å². The summed E-state index contributed by atoms with van der Waals surface area (Å²) in [4.78, 5) is 0.797. The molecule has 0 radical (unpaired) electrons. The van der Waals surface area contributed by atoms with E-state index in [-0.39, 0.29) is 0 Å². The fourth-order valence-electron chi connectivity index (χ4n) is 2.29. The molecule has 2 rings (SSSR count). The highest BCUT2D eigenvalue weighted by molar-refractivity contribution is 7.84. The Hall–Kier alpha value is -1.94. The molecule has 1 atom stereocenters. The molecule has 0 heterocycles. The number of aryl methyl sites for hydroxylation is 3. The van der Waals surface area contributed by atoms with E-state index < -0.39 is 11.0 Å². The van der Waals surface area contributed by atoms with Crippen molar-refractivity contribution in [3.63, 3.8) is 0 Å². The summed E-state index contributed by atoms with van der Waals surface area (Å²) in [5.74, 6) is 0.790. The minimum Gasteiger partial charge on any atom is -0.497 e. The second-order valence-corrected chi connectivity index (χ2v) is 6.10. The van der Waals surface area contributed by atoms with E-state index >= 15 is 0 Å². The molecule has 4 heteroatoms. The van der Waals surface area contributed by atoms with Gasteiger partial charge in [0, 0.05) is 6.21 Å². The molecule has 21 heavy (non-hydrogen) atoms. The van der Waals surface area contributed by atoms with Crippen molar-refractivity contribution in [1.29, 1.82) is 0 Å². The fraction of sp³-hybridized carbons (Fsp3) is 0.235. The van der Waals surface area contributed by atoms with E-state index in [2.05, 4.69) is 4.40 Å². The van der Waals surface area contributed by atoms with E-state index in [0.717, 1.165) is 27.3 Å². The standard InChI is InChI=1S/C17H19NO2S/c1-12-9-13(2)17(14(3)10-12)21(19)18-11-15-5-7-16(20-4)8-6-15/h5-11H,1-4H3/b18-11+. The Labute approximate surface area is 128 Å². The molecule has 2 aromatic rings. The molecule has 0 amide bonds. The first-order valence-electron chi connectivity index (χ1n) is 6.69. The summed E-state index contributed by atoms with van der Waals surface area (Å²) in [7, 11) is 0.242. The third-order valence-corrected chi connectivity index (χ3v) is 4.48. The highest BCUT2D eigenvalue weighted by atomic mass is 32.2. The van der Waals surface area contributed by atoms with Crippen LogP contribution in [0.4, 0.5) is 0 Å². The van der Waals surface area contributed by atoms with Gasteiger partial charge in [0.2, 0.25) is 0 Å². The molecule has 0 saturated heterocycles. The Kier molecular flexibility index (Phi) is 4.91. The molecule has 0 aliphatic rings. The average molecular weight is 301 g/mol. The van der Waals surface area contributed by atoms with Crippen LogP contribution in [0, 0.1) is 20.8 Å². The van der Waals surface area contributed by atoms with Crippen molar-refractivity contribution in [2.45, 2.75) is 25.7 Å². The van der Waals surface area contributed by atoms with Gasteiger partial charge in [0.25, 0.3) is 0 Å². The zero-order valence-corrected chi connectivity index (χ0v) is 13.5. The van der Waals surface area contributed by atoms with Gasteiger partial charge in [-0.2, -0.15) is 4.40 Å². The summed E-state index contributed by atoms with van der Waals surface area (Å²) < 4.78 is 21.7. The van der Waals surface area contributed by atoms with Crippen LogP contribution in [0.5, 0.6) is 5.75 Å². The van der Waals surface area contributed by atoms with Gasteiger partial charge in [-0.15, -0.1) is 0 Å². The molecule has 0 bridgehead atoms. The first-order chi connectivity index (χ1) is 10.0. The third kappa shape index (κ3) is 3.79. The third-order valence-electron chi connectivity index (χ3n) is 3.19. The number of hydrogen-bond acceptors (Lipinski definition) is 2. The van der Waals surface area contributed by atoms with Gasteiger partial charge in [-0.25, -0.2) is 4.21 Å². The van der Waals surface area contributed by atoms with Gasteiger partial charge in [-0.05, 0) is 61.7 Å². The molecular weight excluding hydrogens is 282 g/mol. The topological polar surface area (TPSA) is 38.7 Å². The highest BCUT2D eigenvalue weighted by Crippen LogP contribution is 2.21. The highest BCUT2D eigenvalue weighted by Gasteiger charge is 2.10. The first-order valence-corrected chi connectivity index (χ1v) is 7.80. The Morgan fingerprint density at radius 1 is 1.05 bits per heavy atom. The zero-order chi connectivity index (χ0) is 15.4. The molecule has 3 nitrogen and oxygen atoms in total. The average Bonchev–Trinajstić information content (AvgIpc) is 2.44. The molecule has 0 spiro atoms. The van der Waals surface area contributed by atoms with E-state index in [4.69, 9.17) is 4.74 Å². The molecule has 0 aliphatic heterocycles. The zero-order valence-electron chi connectivity index (χ0n) is 12.7. The van der Waals surface area contributed by atoms with E-state index in [1.165, 1.54) is 5.56 Å². The smallest absolute Gasteiger partial charge is 0.173 e. The van der Waals surface area contributed by atoms with Gasteiger partial charge in [0.15, 0.2) is 11.0 Å². The van der Waals surface area contributed by atoms with Crippen LogP contribution < -0.4 is 4.74 Å². The molecule has 110 valence electrons. The maximum Gasteiger partial charge on any atom is 0.173 e. The fourth-order valence-corrected chi connectivity index (χ4v) is 3.29. The van der Waals surface area contributed by atoms with Crippen LogP contribution in [0.1, 0.15) is 22.3 Å². The number of methoxy groups -OCH3 is 1. The summed E-state index contributed by atoms with van der Waals surface area (Å²) in [5, 5.41) is 0. The van der Waals surface area contributed by atoms with Crippen molar-refractivity contribution in [3.8, 4) is 5.75 Å². The SMILES string of the molecule is COc1ccc(/C=N/S(=O)c2c(C)cc(C)cc2C)cc1. The van der Waals surface area contributed by atoms with Gasteiger partial charge in [0.05, 0.1) is 12.0 Å². The first kappa shape index (κ1) is 15.4. The van der Waals surface area contributed by atoms with Crippen LogP contribution in [0.2, 0.25) is 0 Å². The van der Waals surface area contributed by atoms with E-state index in [9.17, 15) is 4.21 Å². The molecule has 0 N–H and O–H groups in total. The Morgan fingerprint density at radius 3 is 2.14 bits per heavy atom. The lowest BCUT2D eigenvalue weighted by Gasteiger charge is -2.07. The second-order valence-electron chi connectivity index (χ2n) is 4.98. The number of nitrogens with zero attached hydrogens (tertiary/aromatic N) is 1. The molecule has 1 unspecified atom stereocenters. The monoisotopic (exact) mass is 301 g/mol. The van der Waals surface area contributed by atoms with Crippen LogP contribution in [-0.4, -0.2) is 17.5 Å².